The summed E-state index contributed by atoms with van der Waals surface area (Å²) in [5.74, 6) is 1.92. The molecule has 4 rings (SSSR count). The van der Waals surface area contributed by atoms with Crippen LogP contribution < -0.4 is 9.47 Å². The molecular formula is C34H38O2S2. The minimum Gasteiger partial charge on any atom is -0.491 e. The van der Waals surface area contributed by atoms with E-state index in [2.05, 4.69) is 139 Å². The Morgan fingerprint density at radius 2 is 0.816 bits per heavy atom. The van der Waals surface area contributed by atoms with Crippen molar-refractivity contribution in [2.75, 3.05) is 0 Å². The van der Waals surface area contributed by atoms with E-state index < -0.39 is 0 Å². The molecule has 0 unspecified atom stereocenters. The number of rotatable bonds is 11. The van der Waals surface area contributed by atoms with E-state index in [0.717, 1.165) is 11.5 Å². The third-order valence-corrected chi connectivity index (χ3v) is 9.41. The fourth-order valence-electron chi connectivity index (χ4n) is 4.64. The summed E-state index contributed by atoms with van der Waals surface area (Å²) in [6, 6.07) is 34.1. The van der Waals surface area contributed by atoms with Crippen LogP contribution in [0.1, 0.15) is 63.2 Å². The monoisotopic (exact) mass is 542 g/mol. The molecule has 198 valence electrons. The van der Waals surface area contributed by atoms with E-state index in [1.807, 2.05) is 21.6 Å². The number of hydrogen-bond acceptors (Lipinski definition) is 4. The van der Waals surface area contributed by atoms with Crippen LogP contribution in [0.4, 0.5) is 0 Å². The molecule has 0 amide bonds. The summed E-state index contributed by atoms with van der Waals surface area (Å²) in [5.41, 5.74) is 7.36. The van der Waals surface area contributed by atoms with Crippen molar-refractivity contribution in [1.82, 2.24) is 0 Å². The second-order valence-corrected chi connectivity index (χ2v) is 12.9. The Balaban J connectivity index is 1.66. The number of ether oxygens (including phenoxy) is 2. The van der Waals surface area contributed by atoms with Crippen molar-refractivity contribution < 1.29 is 9.47 Å². The second-order valence-electron chi connectivity index (χ2n) is 9.98. The second kappa shape index (κ2) is 13.3. The highest BCUT2D eigenvalue weighted by molar-refractivity contribution is 8.76. The van der Waals surface area contributed by atoms with Gasteiger partial charge in [0.1, 0.15) is 11.5 Å². The largest absolute Gasteiger partial charge is 0.491 e. The number of hydrogen-bond donors (Lipinski definition) is 0. The lowest BCUT2D eigenvalue weighted by atomic mass is 9.97. The van der Waals surface area contributed by atoms with Gasteiger partial charge in [-0.05, 0) is 75.9 Å². The molecule has 0 saturated carbocycles. The maximum absolute atomic E-state index is 6.32. The zero-order valence-electron chi connectivity index (χ0n) is 23.2. The molecule has 4 aromatic rings. The van der Waals surface area contributed by atoms with Crippen LogP contribution in [0.2, 0.25) is 0 Å². The molecule has 0 N–H and O–H groups in total. The number of benzene rings is 4. The summed E-state index contributed by atoms with van der Waals surface area (Å²) in [4.78, 5) is 0. The van der Waals surface area contributed by atoms with Gasteiger partial charge in [-0.15, -0.1) is 0 Å². The fourth-order valence-corrected chi connectivity index (χ4v) is 7.23. The quantitative estimate of drug-likeness (QED) is 0.175. The van der Waals surface area contributed by atoms with E-state index >= 15 is 0 Å². The van der Waals surface area contributed by atoms with Gasteiger partial charge in [0.05, 0.1) is 12.2 Å². The van der Waals surface area contributed by atoms with Crippen LogP contribution in [-0.2, 0) is 0 Å². The Kier molecular flexibility index (Phi) is 9.87. The molecule has 0 aromatic heterocycles. The molecule has 2 atom stereocenters. The third-order valence-electron chi connectivity index (χ3n) is 6.18. The highest BCUT2D eigenvalue weighted by Crippen LogP contribution is 2.52. The van der Waals surface area contributed by atoms with Crippen molar-refractivity contribution in [3.05, 3.63) is 108 Å². The normalized spacial score (nSPS) is 12.9. The molecule has 0 aliphatic carbocycles. The van der Waals surface area contributed by atoms with Gasteiger partial charge >= 0.3 is 0 Å². The highest BCUT2D eigenvalue weighted by atomic mass is 33.1. The van der Waals surface area contributed by atoms with Crippen molar-refractivity contribution in [2.45, 2.75) is 64.3 Å². The zero-order valence-corrected chi connectivity index (χ0v) is 24.8. The maximum Gasteiger partial charge on any atom is 0.124 e. The molecule has 4 aromatic carbocycles. The minimum absolute atomic E-state index is 0.108. The first-order valence-corrected chi connectivity index (χ1v) is 15.6. The average Bonchev–Trinajstić information content (AvgIpc) is 2.91. The van der Waals surface area contributed by atoms with Gasteiger partial charge in [0.15, 0.2) is 0 Å². The fraction of sp³-hybridized carbons (Fsp3) is 0.294. The van der Waals surface area contributed by atoms with Crippen LogP contribution in [0.25, 0.3) is 22.3 Å². The summed E-state index contributed by atoms with van der Waals surface area (Å²) < 4.78 is 12.6. The van der Waals surface area contributed by atoms with Crippen molar-refractivity contribution in [3.63, 3.8) is 0 Å². The van der Waals surface area contributed by atoms with E-state index in [4.69, 9.17) is 9.47 Å². The van der Waals surface area contributed by atoms with E-state index in [-0.39, 0.29) is 22.7 Å². The molecule has 0 aliphatic rings. The molecule has 38 heavy (non-hydrogen) atoms. The summed E-state index contributed by atoms with van der Waals surface area (Å²) in [6.45, 7) is 12.9. The zero-order chi connectivity index (χ0) is 27.1. The predicted molar refractivity (Wildman–Crippen MR) is 167 cm³/mol. The molecule has 0 heterocycles. The van der Waals surface area contributed by atoms with Crippen LogP contribution in [0.3, 0.4) is 0 Å². The van der Waals surface area contributed by atoms with Crippen LogP contribution in [0.15, 0.2) is 97.1 Å². The Morgan fingerprint density at radius 1 is 0.447 bits per heavy atom. The lowest BCUT2D eigenvalue weighted by Crippen LogP contribution is -2.09. The van der Waals surface area contributed by atoms with Gasteiger partial charge in [0.2, 0.25) is 0 Å². The Hall–Kier alpha value is -2.82. The van der Waals surface area contributed by atoms with Crippen molar-refractivity contribution >= 4 is 21.6 Å². The first-order chi connectivity index (χ1) is 18.3. The first kappa shape index (κ1) is 28.2. The molecule has 0 fully saturated rings. The maximum atomic E-state index is 6.32. The Morgan fingerprint density at radius 3 is 1.16 bits per heavy atom. The molecule has 0 saturated heterocycles. The van der Waals surface area contributed by atoms with E-state index in [0.29, 0.717) is 0 Å². The lowest BCUT2D eigenvalue weighted by Gasteiger charge is -2.25. The van der Waals surface area contributed by atoms with Crippen molar-refractivity contribution in [3.8, 4) is 33.8 Å². The lowest BCUT2D eigenvalue weighted by molar-refractivity contribution is 0.240. The molecule has 4 heteroatoms. The topological polar surface area (TPSA) is 18.5 Å². The summed E-state index contributed by atoms with van der Waals surface area (Å²) >= 11 is 0. The van der Waals surface area contributed by atoms with Crippen molar-refractivity contribution in [1.29, 1.82) is 0 Å². The summed E-state index contributed by atoms with van der Waals surface area (Å²) in [5, 5.41) is 0.428. The molecular weight excluding hydrogens is 505 g/mol. The summed E-state index contributed by atoms with van der Waals surface area (Å²) in [7, 11) is 3.79. The predicted octanol–water partition coefficient (Wildman–Crippen LogP) is 10.8. The van der Waals surface area contributed by atoms with E-state index in [1.54, 1.807) is 0 Å². The minimum atomic E-state index is 0.108. The van der Waals surface area contributed by atoms with Crippen LogP contribution in [0, 0.1) is 0 Å². The van der Waals surface area contributed by atoms with Gasteiger partial charge in [0.25, 0.3) is 0 Å². The van der Waals surface area contributed by atoms with Gasteiger partial charge in [-0.2, -0.15) is 0 Å². The van der Waals surface area contributed by atoms with Crippen LogP contribution in [0.5, 0.6) is 11.5 Å². The van der Waals surface area contributed by atoms with Gasteiger partial charge in [-0.25, -0.2) is 0 Å². The van der Waals surface area contributed by atoms with E-state index in [9.17, 15) is 0 Å². The third kappa shape index (κ3) is 6.98. The molecule has 0 bridgehead atoms. The van der Waals surface area contributed by atoms with Crippen molar-refractivity contribution in [2.24, 2.45) is 0 Å². The standard InChI is InChI=1S/C34H38O2S2/c1-23(2)35-31-21-13-19-29(27-15-9-7-10-16-27)33(31)25(5)37-38-26(6)34-30(28-17-11-8-12-18-28)20-14-22-32(34)36-24(3)4/h7-26H,1-6H3/t25-,26-/m1/s1. The summed E-state index contributed by atoms with van der Waals surface area (Å²) in [6.07, 6.45) is 0.217. The Labute approximate surface area is 236 Å². The highest BCUT2D eigenvalue weighted by Gasteiger charge is 2.23. The molecule has 0 radical (unpaired) electrons. The van der Waals surface area contributed by atoms with Gasteiger partial charge in [-0.1, -0.05) is 107 Å². The SMILES string of the molecule is CC(C)Oc1cccc(-c2ccccc2)c1[C@@H](C)SS[C@H](C)c1c(OC(C)C)cccc1-c1ccccc1. The van der Waals surface area contributed by atoms with Crippen LogP contribution in [-0.4, -0.2) is 12.2 Å². The van der Waals surface area contributed by atoms with Gasteiger partial charge in [-0.3, -0.25) is 0 Å². The van der Waals surface area contributed by atoms with Gasteiger partial charge in [0, 0.05) is 21.6 Å². The first-order valence-electron chi connectivity index (χ1n) is 13.4. The van der Waals surface area contributed by atoms with Gasteiger partial charge < -0.3 is 9.47 Å². The van der Waals surface area contributed by atoms with E-state index in [1.165, 1.54) is 33.4 Å². The molecule has 0 aliphatic heterocycles. The average molecular weight is 543 g/mol. The van der Waals surface area contributed by atoms with Crippen LogP contribution >= 0.6 is 21.6 Å². The smallest absolute Gasteiger partial charge is 0.124 e. The molecule has 0 spiro atoms. The Bertz CT molecular complexity index is 1200. The molecule has 2 nitrogen and oxygen atoms in total.